The van der Waals surface area contributed by atoms with Gasteiger partial charge in [-0.05, 0) is 31.9 Å². The smallest absolute Gasteiger partial charge is 0.227 e. The molecule has 1 atom stereocenters. The van der Waals surface area contributed by atoms with Crippen LogP contribution in [0.1, 0.15) is 19.4 Å². The van der Waals surface area contributed by atoms with Crippen molar-refractivity contribution >= 4 is 5.91 Å². The van der Waals surface area contributed by atoms with Gasteiger partial charge in [0.05, 0.1) is 5.92 Å². The number of hydrogen-bond donors (Lipinski definition) is 1. The van der Waals surface area contributed by atoms with Crippen LogP contribution in [-0.2, 0) is 11.2 Å². The molecule has 0 bridgehead atoms. The summed E-state index contributed by atoms with van der Waals surface area (Å²) in [6.07, 6.45) is -0.0468. The Morgan fingerprint density at radius 3 is 2.20 bits per heavy atom. The van der Waals surface area contributed by atoms with Crippen LogP contribution in [0.4, 0.5) is 13.2 Å². The minimum absolute atomic E-state index is 0.0216. The molecule has 1 amide bonds. The van der Waals surface area contributed by atoms with Gasteiger partial charge in [-0.1, -0.05) is 0 Å². The Balaban J connectivity index is 2.94. The lowest BCUT2D eigenvalue weighted by atomic mass is 9.97. The SMILES string of the molecule is CCN(CC)C(=O)C(CN)Cc1cc(F)c(F)cc1F. The highest BCUT2D eigenvalue weighted by molar-refractivity contribution is 5.79. The van der Waals surface area contributed by atoms with Crippen molar-refractivity contribution in [1.29, 1.82) is 0 Å². The van der Waals surface area contributed by atoms with Gasteiger partial charge in [0, 0.05) is 25.7 Å². The van der Waals surface area contributed by atoms with Crippen LogP contribution in [0, 0.1) is 23.4 Å². The molecule has 0 fully saturated rings. The van der Waals surface area contributed by atoms with Crippen LogP contribution in [0.5, 0.6) is 0 Å². The summed E-state index contributed by atoms with van der Waals surface area (Å²) in [6, 6.07) is 1.27. The minimum Gasteiger partial charge on any atom is -0.343 e. The summed E-state index contributed by atoms with van der Waals surface area (Å²) in [6.45, 7) is 4.71. The monoisotopic (exact) mass is 288 g/mol. The van der Waals surface area contributed by atoms with Gasteiger partial charge in [0.2, 0.25) is 5.91 Å². The zero-order valence-electron chi connectivity index (χ0n) is 11.6. The molecule has 1 rings (SSSR count). The molecule has 0 aliphatic rings. The zero-order valence-corrected chi connectivity index (χ0v) is 11.6. The topological polar surface area (TPSA) is 46.3 Å². The van der Waals surface area contributed by atoms with Gasteiger partial charge >= 0.3 is 0 Å². The summed E-state index contributed by atoms with van der Waals surface area (Å²) in [5.74, 6) is -4.09. The molecule has 1 aromatic rings. The minimum atomic E-state index is -1.24. The third kappa shape index (κ3) is 3.72. The van der Waals surface area contributed by atoms with E-state index < -0.39 is 23.4 Å². The van der Waals surface area contributed by atoms with Gasteiger partial charge in [-0.15, -0.1) is 0 Å². The van der Waals surface area contributed by atoms with Crippen molar-refractivity contribution < 1.29 is 18.0 Å². The van der Waals surface area contributed by atoms with E-state index in [9.17, 15) is 18.0 Å². The molecular formula is C14H19F3N2O. The number of carbonyl (C=O) groups excluding carboxylic acids is 1. The second-order valence-electron chi connectivity index (χ2n) is 4.51. The van der Waals surface area contributed by atoms with E-state index in [2.05, 4.69) is 0 Å². The van der Waals surface area contributed by atoms with Gasteiger partial charge in [0.1, 0.15) is 5.82 Å². The first kappa shape index (κ1) is 16.5. The Labute approximate surface area is 116 Å². The van der Waals surface area contributed by atoms with E-state index in [1.807, 2.05) is 13.8 Å². The lowest BCUT2D eigenvalue weighted by Crippen LogP contribution is -2.40. The number of benzene rings is 1. The van der Waals surface area contributed by atoms with Crippen LogP contribution in [0.3, 0.4) is 0 Å². The highest BCUT2D eigenvalue weighted by Gasteiger charge is 2.23. The summed E-state index contributed by atoms with van der Waals surface area (Å²) in [5, 5.41) is 0. The second-order valence-corrected chi connectivity index (χ2v) is 4.51. The van der Waals surface area contributed by atoms with Crippen molar-refractivity contribution in [2.45, 2.75) is 20.3 Å². The maximum Gasteiger partial charge on any atom is 0.227 e. The van der Waals surface area contributed by atoms with E-state index in [0.717, 1.165) is 6.07 Å². The fourth-order valence-electron chi connectivity index (χ4n) is 2.05. The van der Waals surface area contributed by atoms with Crippen LogP contribution in [0.15, 0.2) is 12.1 Å². The quantitative estimate of drug-likeness (QED) is 0.815. The van der Waals surface area contributed by atoms with Crippen molar-refractivity contribution in [2.75, 3.05) is 19.6 Å². The molecule has 6 heteroatoms. The van der Waals surface area contributed by atoms with E-state index >= 15 is 0 Å². The molecule has 1 unspecified atom stereocenters. The summed E-state index contributed by atoms with van der Waals surface area (Å²) < 4.78 is 39.6. The first-order valence-electron chi connectivity index (χ1n) is 6.56. The zero-order chi connectivity index (χ0) is 15.3. The fraction of sp³-hybridized carbons (Fsp3) is 0.500. The Bertz CT molecular complexity index is 476. The molecule has 112 valence electrons. The van der Waals surface area contributed by atoms with Gasteiger partial charge in [0.25, 0.3) is 0 Å². The molecule has 0 aliphatic heterocycles. The van der Waals surface area contributed by atoms with E-state index in [4.69, 9.17) is 5.73 Å². The standard InChI is InChI=1S/C14H19F3N2O/c1-3-19(4-2)14(20)10(8-18)5-9-6-12(16)13(17)7-11(9)15/h6-7,10H,3-5,8,18H2,1-2H3. The van der Waals surface area contributed by atoms with E-state index in [-0.39, 0.29) is 24.4 Å². The van der Waals surface area contributed by atoms with Gasteiger partial charge in [0.15, 0.2) is 11.6 Å². The summed E-state index contributed by atoms with van der Waals surface area (Å²) >= 11 is 0. The molecule has 0 aromatic heterocycles. The first-order valence-corrected chi connectivity index (χ1v) is 6.56. The first-order chi connectivity index (χ1) is 9.44. The Morgan fingerprint density at radius 2 is 1.70 bits per heavy atom. The second kappa shape index (κ2) is 7.28. The van der Waals surface area contributed by atoms with Crippen LogP contribution < -0.4 is 5.73 Å². The molecule has 0 aliphatic carbocycles. The lowest BCUT2D eigenvalue weighted by molar-refractivity contribution is -0.134. The highest BCUT2D eigenvalue weighted by atomic mass is 19.2. The fourth-order valence-corrected chi connectivity index (χ4v) is 2.05. The molecule has 0 heterocycles. The third-order valence-electron chi connectivity index (χ3n) is 3.26. The molecular weight excluding hydrogens is 269 g/mol. The Hall–Kier alpha value is -1.56. The average Bonchev–Trinajstić information content (AvgIpc) is 2.42. The number of carbonyl (C=O) groups is 1. The van der Waals surface area contributed by atoms with E-state index in [0.29, 0.717) is 19.2 Å². The van der Waals surface area contributed by atoms with Crippen molar-refractivity contribution in [3.8, 4) is 0 Å². The molecule has 20 heavy (non-hydrogen) atoms. The average molecular weight is 288 g/mol. The Morgan fingerprint density at radius 1 is 1.15 bits per heavy atom. The molecule has 2 N–H and O–H groups in total. The third-order valence-corrected chi connectivity index (χ3v) is 3.26. The molecule has 0 spiro atoms. The van der Waals surface area contributed by atoms with Gasteiger partial charge < -0.3 is 10.6 Å². The number of nitrogens with two attached hydrogens (primary N) is 1. The number of rotatable bonds is 6. The van der Waals surface area contributed by atoms with Crippen molar-refractivity contribution in [2.24, 2.45) is 11.7 Å². The van der Waals surface area contributed by atoms with Gasteiger partial charge in [-0.2, -0.15) is 0 Å². The van der Waals surface area contributed by atoms with Crippen molar-refractivity contribution in [3.05, 3.63) is 35.1 Å². The molecule has 1 aromatic carbocycles. The maximum atomic E-state index is 13.6. The van der Waals surface area contributed by atoms with Crippen molar-refractivity contribution in [3.63, 3.8) is 0 Å². The molecule has 0 radical (unpaired) electrons. The van der Waals surface area contributed by atoms with E-state index in [1.54, 1.807) is 4.90 Å². The molecule has 0 saturated carbocycles. The molecule has 3 nitrogen and oxygen atoms in total. The summed E-state index contributed by atoms with van der Waals surface area (Å²) in [5.41, 5.74) is 5.51. The number of nitrogens with zero attached hydrogens (tertiary/aromatic N) is 1. The van der Waals surface area contributed by atoms with Crippen LogP contribution in [0.2, 0.25) is 0 Å². The van der Waals surface area contributed by atoms with Crippen LogP contribution >= 0.6 is 0 Å². The predicted octanol–water partition coefficient (Wildman–Crippen LogP) is 2.09. The number of hydrogen-bond acceptors (Lipinski definition) is 2. The van der Waals surface area contributed by atoms with Gasteiger partial charge in [-0.3, -0.25) is 4.79 Å². The van der Waals surface area contributed by atoms with Crippen LogP contribution in [-0.4, -0.2) is 30.4 Å². The van der Waals surface area contributed by atoms with Crippen LogP contribution in [0.25, 0.3) is 0 Å². The maximum absolute atomic E-state index is 13.6. The predicted molar refractivity (Wildman–Crippen MR) is 70.5 cm³/mol. The normalized spacial score (nSPS) is 12.3. The highest BCUT2D eigenvalue weighted by Crippen LogP contribution is 2.18. The number of amides is 1. The van der Waals surface area contributed by atoms with Gasteiger partial charge in [-0.25, -0.2) is 13.2 Å². The Kier molecular flexibility index (Phi) is 6.01. The number of halogens is 3. The summed E-state index contributed by atoms with van der Waals surface area (Å²) in [4.78, 5) is 13.7. The van der Waals surface area contributed by atoms with Crippen molar-refractivity contribution in [1.82, 2.24) is 4.90 Å². The van der Waals surface area contributed by atoms with E-state index in [1.165, 1.54) is 0 Å². The summed E-state index contributed by atoms with van der Waals surface area (Å²) in [7, 11) is 0. The largest absolute Gasteiger partial charge is 0.343 e. The molecule has 0 saturated heterocycles. The lowest BCUT2D eigenvalue weighted by Gasteiger charge is -2.24.